The molecule has 2 aliphatic heterocycles. The number of aliphatic carboxylic acids is 1. The van der Waals surface area contributed by atoms with Gasteiger partial charge in [-0.25, -0.2) is 9.78 Å². The Hall–Kier alpha value is -2.97. The molecular weight excluding hydrogens is 530 g/mol. The van der Waals surface area contributed by atoms with Gasteiger partial charge in [0.05, 0.1) is 19.8 Å². The Balaban J connectivity index is 1.56. The van der Waals surface area contributed by atoms with Gasteiger partial charge in [-0.2, -0.15) is 0 Å². The number of carbonyl (C=O) groups excluding carboxylic acids is 1. The van der Waals surface area contributed by atoms with Gasteiger partial charge in [0.25, 0.3) is 5.91 Å². The second kappa shape index (κ2) is 11.6. The molecule has 0 bridgehead atoms. The van der Waals surface area contributed by atoms with Gasteiger partial charge in [0.2, 0.25) is 5.88 Å². The first-order valence-corrected chi connectivity index (χ1v) is 15.3. The number of fused-ring (bicyclic) bond motifs is 1. The molecule has 3 heterocycles. The maximum atomic E-state index is 14.5. The number of rotatable bonds is 7. The van der Waals surface area contributed by atoms with Crippen LogP contribution in [-0.4, -0.2) is 58.8 Å². The largest absolute Gasteiger partial charge is 0.481 e. The number of methoxy groups -OCH3 is 1. The Bertz CT molecular complexity index is 1280. The summed E-state index contributed by atoms with van der Waals surface area (Å²) in [5.41, 5.74) is 2.18. The number of carboxylic acids is 1. The van der Waals surface area contributed by atoms with E-state index in [4.69, 9.17) is 14.5 Å². The number of hydrogen-bond acceptors (Lipinski definition) is 6. The number of ether oxygens (including phenoxy) is 2. The van der Waals surface area contributed by atoms with Crippen molar-refractivity contribution in [2.75, 3.05) is 13.7 Å². The van der Waals surface area contributed by atoms with Crippen LogP contribution in [0, 0.1) is 23.2 Å². The molecule has 42 heavy (non-hydrogen) atoms. The van der Waals surface area contributed by atoms with Gasteiger partial charge in [-0.1, -0.05) is 84.4 Å². The lowest BCUT2D eigenvalue weighted by Gasteiger charge is -2.35. The molecule has 228 valence electrons. The number of carbonyl (C=O) groups is 2. The molecule has 5 rings (SSSR count). The maximum absolute atomic E-state index is 14.5. The minimum atomic E-state index is -1.01. The van der Waals surface area contributed by atoms with Crippen molar-refractivity contribution in [3.8, 4) is 5.88 Å². The highest BCUT2D eigenvalue weighted by Gasteiger charge is 2.60. The Morgan fingerprint density at radius 1 is 1.07 bits per heavy atom. The standard InChI is InChI=1S/C34H47N3O5/c1-33(2,3)24-17-16-21(30(36-24)41-7)18-35-26-25(34(4,5)6)28(32(39)40)37(27(26)20-12-9-8-10-13-20)31(38)29-23-15-11-14-22(23)19-42-29/h8-10,12-13,16-17,22-23,25-29,35H,11,14-15,18-19H2,1-7H3,(H,39,40)/t22-,23-,25+,26+,27+,28+,29+/m1/s1. The molecule has 2 aromatic rings. The number of hydrogen-bond donors (Lipinski definition) is 2. The Morgan fingerprint density at radius 3 is 2.40 bits per heavy atom. The summed E-state index contributed by atoms with van der Waals surface area (Å²) >= 11 is 0. The predicted molar refractivity (Wildman–Crippen MR) is 161 cm³/mol. The maximum Gasteiger partial charge on any atom is 0.326 e. The van der Waals surface area contributed by atoms with Crippen molar-refractivity contribution in [2.45, 2.75) is 97.0 Å². The fraction of sp³-hybridized carbons (Fsp3) is 0.618. The first kappa shape index (κ1) is 30.5. The van der Waals surface area contributed by atoms with Crippen molar-refractivity contribution < 1.29 is 24.2 Å². The molecule has 7 atom stereocenters. The van der Waals surface area contributed by atoms with E-state index in [0.717, 1.165) is 36.1 Å². The zero-order valence-corrected chi connectivity index (χ0v) is 26.1. The summed E-state index contributed by atoms with van der Waals surface area (Å²) in [6.45, 7) is 13.5. The summed E-state index contributed by atoms with van der Waals surface area (Å²) in [5, 5.41) is 14.5. The van der Waals surface area contributed by atoms with Gasteiger partial charge in [-0.15, -0.1) is 0 Å². The number of nitrogens with one attached hydrogen (secondary N) is 1. The third-order valence-corrected chi connectivity index (χ3v) is 9.58. The molecule has 2 saturated heterocycles. The average molecular weight is 578 g/mol. The van der Waals surface area contributed by atoms with Gasteiger partial charge >= 0.3 is 5.97 Å². The quantitative estimate of drug-likeness (QED) is 0.457. The van der Waals surface area contributed by atoms with Crippen molar-refractivity contribution >= 4 is 11.9 Å². The lowest BCUT2D eigenvalue weighted by molar-refractivity contribution is -0.157. The van der Waals surface area contributed by atoms with Crippen molar-refractivity contribution in [2.24, 2.45) is 23.2 Å². The topological polar surface area (TPSA) is 101 Å². The minimum absolute atomic E-state index is 0.128. The molecule has 8 nitrogen and oxygen atoms in total. The van der Waals surface area contributed by atoms with Gasteiger partial charge < -0.3 is 24.8 Å². The van der Waals surface area contributed by atoms with Gasteiger partial charge in [0.15, 0.2) is 0 Å². The van der Waals surface area contributed by atoms with Gasteiger partial charge in [-0.3, -0.25) is 4.79 Å². The van der Waals surface area contributed by atoms with Gasteiger partial charge in [0.1, 0.15) is 12.1 Å². The lowest BCUT2D eigenvalue weighted by Crippen LogP contribution is -2.51. The van der Waals surface area contributed by atoms with Gasteiger partial charge in [0, 0.05) is 35.2 Å². The SMILES string of the molecule is COc1nc(C(C)(C)C)ccc1CN[C@H]1[C@H](C(C)(C)C)[C@@H](C(=O)O)N(C(=O)[C@H]2OC[C@H]3CCC[C@H]32)[C@H]1c1ccccc1. The van der Waals surface area contributed by atoms with Crippen molar-refractivity contribution in [1.29, 1.82) is 0 Å². The molecule has 0 unspecified atom stereocenters. The number of amides is 1. The number of pyridine rings is 1. The Kier molecular flexibility index (Phi) is 8.42. The fourth-order valence-corrected chi connectivity index (χ4v) is 7.58. The highest BCUT2D eigenvalue weighted by molar-refractivity contribution is 5.88. The first-order chi connectivity index (χ1) is 19.8. The van der Waals surface area contributed by atoms with E-state index < -0.39 is 29.6 Å². The minimum Gasteiger partial charge on any atom is -0.481 e. The Morgan fingerprint density at radius 2 is 1.79 bits per heavy atom. The monoisotopic (exact) mass is 577 g/mol. The van der Waals surface area contributed by atoms with E-state index in [1.807, 2.05) is 42.5 Å². The summed E-state index contributed by atoms with van der Waals surface area (Å²) in [6.07, 6.45) is 2.51. The molecule has 8 heteroatoms. The molecule has 1 saturated carbocycles. The van der Waals surface area contributed by atoms with E-state index in [0.29, 0.717) is 24.9 Å². The van der Waals surface area contributed by atoms with Crippen LogP contribution < -0.4 is 10.1 Å². The molecule has 0 radical (unpaired) electrons. The second-order valence-electron chi connectivity index (χ2n) is 14.4. The number of nitrogens with zero attached hydrogens (tertiary/aromatic N) is 2. The summed E-state index contributed by atoms with van der Waals surface area (Å²) in [7, 11) is 1.62. The first-order valence-electron chi connectivity index (χ1n) is 15.3. The van der Waals surface area contributed by atoms with Crippen LogP contribution in [0.3, 0.4) is 0 Å². The molecule has 1 aliphatic carbocycles. The van der Waals surface area contributed by atoms with Crippen molar-refractivity contribution in [1.82, 2.24) is 15.2 Å². The van der Waals surface area contributed by atoms with Crippen molar-refractivity contribution in [3.63, 3.8) is 0 Å². The number of likely N-dealkylation sites (tertiary alicyclic amines) is 1. The smallest absolute Gasteiger partial charge is 0.326 e. The molecule has 3 aliphatic rings. The number of aromatic nitrogens is 1. The zero-order valence-electron chi connectivity index (χ0n) is 26.1. The average Bonchev–Trinajstić information content (AvgIpc) is 3.64. The van der Waals surface area contributed by atoms with Crippen LogP contribution in [0.25, 0.3) is 0 Å². The van der Waals surface area contributed by atoms with E-state index in [1.165, 1.54) is 0 Å². The van der Waals surface area contributed by atoms with Crippen LogP contribution in [0.15, 0.2) is 42.5 Å². The van der Waals surface area contributed by atoms with Gasteiger partial charge in [-0.05, 0) is 41.7 Å². The molecule has 1 aromatic carbocycles. The second-order valence-corrected chi connectivity index (χ2v) is 14.4. The molecule has 3 fully saturated rings. The molecular formula is C34H47N3O5. The zero-order chi connectivity index (χ0) is 30.4. The highest BCUT2D eigenvalue weighted by Crippen LogP contribution is 2.50. The lowest BCUT2D eigenvalue weighted by atomic mass is 9.72. The normalized spacial score (nSPS) is 29.5. The number of benzene rings is 1. The van der Waals surface area contributed by atoms with Crippen LogP contribution in [0.1, 0.15) is 83.7 Å². The van der Waals surface area contributed by atoms with E-state index in [1.54, 1.807) is 12.0 Å². The molecule has 1 aromatic heterocycles. The van der Waals surface area contributed by atoms with E-state index in [-0.39, 0.29) is 29.2 Å². The highest BCUT2D eigenvalue weighted by atomic mass is 16.5. The molecule has 1 amide bonds. The summed E-state index contributed by atoms with van der Waals surface area (Å²) < 4.78 is 11.8. The summed E-state index contributed by atoms with van der Waals surface area (Å²) in [6, 6.07) is 12.1. The number of carboxylic acid groups (broad SMARTS) is 1. The third-order valence-electron chi connectivity index (χ3n) is 9.58. The third kappa shape index (κ3) is 5.68. The van der Waals surface area contributed by atoms with E-state index >= 15 is 0 Å². The molecule has 0 spiro atoms. The van der Waals surface area contributed by atoms with E-state index in [9.17, 15) is 14.7 Å². The summed E-state index contributed by atoms with van der Waals surface area (Å²) in [5.74, 6) is -0.478. The Labute approximate surface area is 250 Å². The van der Waals surface area contributed by atoms with Crippen LogP contribution >= 0.6 is 0 Å². The fourth-order valence-electron chi connectivity index (χ4n) is 7.58. The predicted octanol–water partition coefficient (Wildman–Crippen LogP) is 5.36. The van der Waals surface area contributed by atoms with E-state index in [2.05, 4.69) is 46.9 Å². The summed E-state index contributed by atoms with van der Waals surface area (Å²) in [4.78, 5) is 34.1. The molecule has 2 N–H and O–H groups in total. The van der Waals surface area contributed by atoms with Crippen molar-refractivity contribution in [3.05, 3.63) is 59.3 Å². The van der Waals surface area contributed by atoms with Crippen LogP contribution in [0.2, 0.25) is 0 Å². The van der Waals surface area contributed by atoms with Crippen LogP contribution in [0.5, 0.6) is 5.88 Å². The van der Waals surface area contributed by atoms with Crippen LogP contribution in [-0.2, 0) is 26.3 Å². The van der Waals surface area contributed by atoms with Crippen LogP contribution in [0.4, 0.5) is 0 Å².